The third-order valence-electron chi connectivity index (χ3n) is 8.42. The Balaban J connectivity index is 1.70. The first-order valence-electron chi connectivity index (χ1n) is 9.98. The molecule has 2 spiro atoms. The number of nitrogens with zero attached hydrogens (tertiary/aromatic N) is 2. The lowest BCUT2D eigenvalue weighted by Crippen LogP contribution is -2.81. The van der Waals surface area contributed by atoms with Gasteiger partial charge in [0.2, 0.25) is 6.41 Å². The highest BCUT2D eigenvalue weighted by atomic mass is 16.8. The number of methoxy groups -OCH3 is 2. The number of fused-ring (bicyclic) bond motifs is 1. The highest BCUT2D eigenvalue weighted by Gasteiger charge is 2.79. The Morgan fingerprint density at radius 1 is 1.38 bits per heavy atom. The monoisotopic (exact) mass is 399 g/mol. The predicted octanol–water partition coefficient (Wildman–Crippen LogP) is 1.38. The Labute approximate surface area is 168 Å². The number of amides is 1. The molecular weight excluding hydrogens is 376 g/mol. The summed E-state index contributed by atoms with van der Waals surface area (Å²) in [6, 6.07) is 3.03. The van der Waals surface area contributed by atoms with Gasteiger partial charge in [-0.15, -0.1) is 0 Å². The van der Waals surface area contributed by atoms with Crippen LogP contribution in [0.1, 0.15) is 24.0 Å². The molecule has 4 bridgehead atoms. The van der Waals surface area contributed by atoms with Crippen LogP contribution in [0.2, 0.25) is 0 Å². The second-order valence-corrected chi connectivity index (χ2v) is 8.87. The van der Waals surface area contributed by atoms with Gasteiger partial charge in [0.05, 0.1) is 18.6 Å². The number of ether oxygens (including phenoxy) is 3. The summed E-state index contributed by atoms with van der Waals surface area (Å²) < 4.78 is 18.2. The number of hydrogen-bond acceptors (Lipinski definition) is 7. The molecule has 1 saturated carbocycles. The summed E-state index contributed by atoms with van der Waals surface area (Å²) in [5, 5.41) is 22.3. The van der Waals surface area contributed by atoms with Crippen LogP contribution in [0, 0.1) is 10.6 Å². The van der Waals surface area contributed by atoms with Gasteiger partial charge in [0, 0.05) is 30.7 Å². The van der Waals surface area contributed by atoms with Crippen molar-refractivity contribution in [2.45, 2.75) is 48.5 Å². The average molecular weight is 399 g/mol. The maximum Gasteiger partial charge on any atom is 0.209 e. The molecule has 1 aromatic rings. The molecule has 7 rings (SSSR count). The van der Waals surface area contributed by atoms with Gasteiger partial charge in [0.15, 0.2) is 11.5 Å². The van der Waals surface area contributed by atoms with E-state index in [1.54, 1.807) is 14.2 Å². The van der Waals surface area contributed by atoms with E-state index in [4.69, 9.17) is 14.2 Å². The van der Waals surface area contributed by atoms with Crippen LogP contribution in [0.15, 0.2) is 24.3 Å². The maximum absolute atomic E-state index is 12.3. The normalized spacial score (nSPS) is 42.7. The van der Waals surface area contributed by atoms with Crippen molar-refractivity contribution >= 4 is 6.41 Å². The highest BCUT2D eigenvalue weighted by molar-refractivity contribution is 5.67. The second kappa shape index (κ2) is 5.31. The third-order valence-corrected chi connectivity index (χ3v) is 8.42. The summed E-state index contributed by atoms with van der Waals surface area (Å²) in [7, 11) is 3.17. The molecule has 2 fully saturated rings. The van der Waals surface area contributed by atoms with Gasteiger partial charge in [-0.1, -0.05) is 18.2 Å². The zero-order chi connectivity index (χ0) is 20.2. The van der Waals surface area contributed by atoms with Crippen LogP contribution < -0.4 is 9.47 Å². The van der Waals surface area contributed by atoms with E-state index in [-0.39, 0.29) is 11.3 Å². The fourth-order valence-electron chi connectivity index (χ4n) is 7.36. The van der Waals surface area contributed by atoms with E-state index in [1.165, 1.54) is 0 Å². The topological polar surface area (TPSA) is 94.5 Å². The van der Waals surface area contributed by atoms with Crippen molar-refractivity contribution < 1.29 is 24.2 Å². The lowest BCUT2D eigenvalue weighted by atomic mass is 9.38. The van der Waals surface area contributed by atoms with Gasteiger partial charge in [0.25, 0.3) is 0 Å². The molecule has 1 saturated heterocycles. The van der Waals surface area contributed by atoms with E-state index in [9.17, 15) is 15.2 Å². The molecule has 1 N–H and O–H groups in total. The van der Waals surface area contributed by atoms with Crippen LogP contribution in [0.3, 0.4) is 0 Å². The van der Waals surface area contributed by atoms with E-state index in [1.807, 2.05) is 17.0 Å². The van der Waals surface area contributed by atoms with E-state index < -0.39 is 28.6 Å². The van der Waals surface area contributed by atoms with Gasteiger partial charge in [0.1, 0.15) is 11.7 Å². The molecule has 2 aliphatic heterocycles. The van der Waals surface area contributed by atoms with Crippen molar-refractivity contribution in [2.24, 2.45) is 5.41 Å². The van der Waals surface area contributed by atoms with E-state index in [0.717, 1.165) is 17.5 Å². The second-order valence-electron chi connectivity index (χ2n) is 8.87. The van der Waals surface area contributed by atoms with Gasteiger partial charge in [-0.05, 0) is 30.9 Å². The van der Waals surface area contributed by atoms with Crippen LogP contribution in [-0.2, 0) is 21.4 Å². The molecule has 4 aliphatic carbocycles. The number of rotatable bonds is 4. The minimum Gasteiger partial charge on any atom is -0.762 e. The quantitative estimate of drug-likeness (QED) is 0.464. The number of piperidine rings is 1. The molecular formula is C21H23N2O6-. The maximum atomic E-state index is 12.3. The predicted molar refractivity (Wildman–Crippen MR) is 101 cm³/mol. The first kappa shape index (κ1) is 17.7. The Bertz CT molecular complexity index is 949. The molecule has 6 aliphatic rings. The smallest absolute Gasteiger partial charge is 0.209 e. The fraction of sp³-hybridized carbons (Fsp3) is 0.571. The molecule has 2 heterocycles. The van der Waals surface area contributed by atoms with Crippen molar-refractivity contribution in [1.82, 2.24) is 10.1 Å². The first-order valence-corrected chi connectivity index (χ1v) is 9.98. The summed E-state index contributed by atoms with van der Waals surface area (Å²) in [6.45, 7) is 0.615. The summed E-state index contributed by atoms with van der Waals surface area (Å²) in [5.74, 6) is 1.36. The number of carbonyl (C=O) groups excluding carboxylic acids is 1. The zero-order valence-corrected chi connectivity index (χ0v) is 16.3. The number of benzene rings is 1. The third kappa shape index (κ3) is 1.64. The molecule has 8 nitrogen and oxygen atoms in total. The summed E-state index contributed by atoms with van der Waals surface area (Å²) >= 11 is 0. The summed E-state index contributed by atoms with van der Waals surface area (Å²) in [5.41, 5.74) is 0.231. The largest absolute Gasteiger partial charge is 0.762 e. The zero-order valence-electron chi connectivity index (χ0n) is 16.3. The van der Waals surface area contributed by atoms with Gasteiger partial charge in [-0.3, -0.25) is 10.0 Å². The Hall–Kier alpha value is -2.13. The van der Waals surface area contributed by atoms with Crippen LogP contribution in [0.4, 0.5) is 0 Å². The molecule has 0 aromatic heterocycles. The van der Waals surface area contributed by atoms with Crippen LogP contribution >= 0.6 is 0 Å². The molecule has 8 heteroatoms. The standard InChI is InChI=1S/C21H23N2O6/c1-27-13-4-3-12-9-14-19-5-6-21(28-2,15(10-19)23(25)26)18-20(19,7-8-22(14)11-24)16(12)17(13)29-18/h3-6,11,14-15,18,25H,7-10H2,1-2H3/q-1/t14-,15-,18-,19-,20+,21-/m1/s1. The number of hydrogen-bond donors (Lipinski definition) is 1. The van der Waals surface area contributed by atoms with Crippen molar-refractivity contribution in [3.63, 3.8) is 0 Å². The number of likely N-dealkylation sites (tertiary alicyclic amines) is 1. The highest BCUT2D eigenvalue weighted by Crippen LogP contribution is 2.73. The molecule has 154 valence electrons. The first-order chi connectivity index (χ1) is 14.0. The van der Waals surface area contributed by atoms with Crippen LogP contribution in [-0.4, -0.2) is 66.3 Å². The van der Waals surface area contributed by atoms with Gasteiger partial charge in [-0.2, -0.15) is 0 Å². The van der Waals surface area contributed by atoms with Crippen molar-refractivity contribution in [1.29, 1.82) is 0 Å². The Morgan fingerprint density at radius 2 is 2.21 bits per heavy atom. The summed E-state index contributed by atoms with van der Waals surface area (Å²) in [6.07, 6.45) is 6.20. The molecule has 6 atom stereocenters. The Morgan fingerprint density at radius 3 is 2.90 bits per heavy atom. The van der Waals surface area contributed by atoms with Crippen molar-refractivity contribution in [2.75, 3.05) is 20.8 Å². The minimum atomic E-state index is -1.09. The van der Waals surface area contributed by atoms with Gasteiger partial charge < -0.3 is 29.5 Å². The number of hydroxylamine groups is 2. The average Bonchev–Trinajstić information content (AvgIpc) is 3.10. The fourth-order valence-corrected chi connectivity index (χ4v) is 7.36. The minimum absolute atomic E-state index is 0.0156. The molecule has 29 heavy (non-hydrogen) atoms. The SMILES string of the molecule is COc1ccc2c3c1O[C@H]1[C@@]4(OC)C=C[C@@]5(C[C@H]4N([O-])O)[C@@H](C2)N(C=O)CC[C@]315. The van der Waals surface area contributed by atoms with Crippen LogP contribution in [0.25, 0.3) is 0 Å². The summed E-state index contributed by atoms with van der Waals surface area (Å²) in [4.78, 5) is 13.8. The molecule has 0 unspecified atom stereocenters. The van der Waals surface area contributed by atoms with Crippen LogP contribution in [0.5, 0.6) is 11.5 Å². The molecule has 0 radical (unpaired) electrons. The van der Waals surface area contributed by atoms with Crippen molar-refractivity contribution in [3.8, 4) is 11.5 Å². The lowest BCUT2D eigenvalue weighted by molar-refractivity contribution is -0.250. The van der Waals surface area contributed by atoms with E-state index >= 15 is 0 Å². The Kier molecular flexibility index (Phi) is 3.24. The van der Waals surface area contributed by atoms with Gasteiger partial charge in [-0.25, -0.2) is 0 Å². The lowest BCUT2D eigenvalue weighted by Gasteiger charge is -2.71. The van der Waals surface area contributed by atoms with E-state index in [0.29, 0.717) is 37.3 Å². The van der Waals surface area contributed by atoms with Crippen molar-refractivity contribution in [3.05, 3.63) is 40.6 Å². The molecule has 1 aromatic carbocycles. The van der Waals surface area contributed by atoms with E-state index in [2.05, 4.69) is 12.1 Å². The van der Waals surface area contributed by atoms with Gasteiger partial charge >= 0.3 is 0 Å². The number of carbonyl (C=O) groups is 1. The molecule has 1 amide bonds.